The number of nitrogens with two attached hydrogens (primary N) is 1. The lowest BCUT2D eigenvalue weighted by atomic mass is 9.96. The summed E-state index contributed by atoms with van der Waals surface area (Å²) in [6, 6.07) is 38.5. The van der Waals surface area contributed by atoms with E-state index >= 15 is 0 Å². The van der Waals surface area contributed by atoms with E-state index in [1.54, 1.807) is 30.5 Å². The highest BCUT2D eigenvalue weighted by atomic mass is 35.5. The standard InChI is InChI=1S/C27H32ClN3O2.C27H29N5O2.C24H27N5O.C23H24N4O/c1-3-7-23(32)13-8-20-16-24-27(29-17-20)26(25(33)18-30-14-5-4-6-15-30)19(2)31(24)22-11-9-21(28)10-12-22;1-18-26(24(33)17-31-12-4-3-5-13-31)27-23(32(18)22-10-8-20(28-2)9-11-22)14-19(16-29-27)15-25(34)30-21-6-7-21;1-16-12-21-24(27-14-16)23(22(30)15-28-10-8-18(13-25)9-11-28)17(2)29(21)20-6-4-19(26-3)5-7-20;1-16-13-20-23(25-14-16)22(21(28)15-26-11-5-4-6-12-26)17(2)27(20)19-9-7-18(24-3)8-10-19/h9-12,16-17H,3-8,13-15,18H2,1-2H3;8-11,14,16,21H,3-7,12-13,15,17H2,1H3,(H,30,34);4-7,12,14,18H,8-11,13,15,25H2,1-2H3;7-10,13-14H,4-6,11-12,15H2,1-2H3. The number of carbonyl (C=O) groups is 6. The normalized spacial score (nSPS) is 15.3. The van der Waals surface area contributed by atoms with Crippen molar-refractivity contribution < 1.29 is 28.8 Å². The zero-order valence-corrected chi connectivity index (χ0v) is 73.8. The fourth-order valence-electron chi connectivity index (χ4n) is 18.2. The van der Waals surface area contributed by atoms with Crippen LogP contribution in [0.2, 0.25) is 5.02 Å². The fraction of sp³-hybridized carbons (Fsp3) is 0.396. The SMILES string of the molecule is CCCC(=O)CCc1cnc2c(C(=O)CN3CCCCC3)c(C)n(-c3ccc(Cl)cc3)c2c1.[C-]#[N+]c1ccc(-n2c(C)c(C(=O)CN3CCC(CN)CC3)c3ncc(C)cc32)cc1.[C-]#[N+]c1ccc(-n2c(C)c(C(=O)CN3CCCCC3)c3ncc(C)cc32)cc1.[C-]#[N+]c1ccc(-n2c(C)c(C(=O)CN3CCCCC3)c3ncc(CC(=O)NC4CC4)cc32)cc1. The van der Waals surface area contributed by atoms with Crippen LogP contribution in [0, 0.1) is 67.2 Å². The molecule has 1 aliphatic carbocycles. The number of likely N-dealkylation sites (tertiary alicyclic amines) is 4. The zero-order chi connectivity index (χ0) is 88.0. The summed E-state index contributed by atoms with van der Waals surface area (Å²) in [5.41, 5.74) is 27.9. The molecule has 17 rings (SSSR count). The highest BCUT2D eigenvalue weighted by Crippen LogP contribution is 2.37. The molecule has 125 heavy (non-hydrogen) atoms. The van der Waals surface area contributed by atoms with Crippen molar-refractivity contribution in [2.75, 3.05) is 85.1 Å². The lowest BCUT2D eigenvalue weighted by molar-refractivity contribution is -0.120. The number of pyridine rings is 4. The molecule has 0 spiro atoms. The smallest absolute Gasteiger partial charge is 0.224 e. The average molecular weight is 1700 g/mol. The number of amides is 1. The van der Waals surface area contributed by atoms with Crippen LogP contribution in [0.25, 0.3) is 81.4 Å². The molecule has 24 heteroatoms. The van der Waals surface area contributed by atoms with Gasteiger partial charge in [-0.1, -0.05) is 74.2 Å². The number of benzene rings is 4. The van der Waals surface area contributed by atoms with E-state index < -0.39 is 0 Å². The van der Waals surface area contributed by atoms with Crippen LogP contribution in [0.5, 0.6) is 0 Å². The molecular formula is C101H112ClN17O6. The zero-order valence-electron chi connectivity index (χ0n) is 73.0. The second-order valence-electron chi connectivity index (χ2n) is 34.2. The van der Waals surface area contributed by atoms with Gasteiger partial charge in [0.25, 0.3) is 0 Å². The molecule has 1 amide bonds. The molecule has 12 heterocycles. The largest absolute Gasteiger partial charge is 0.353 e. The van der Waals surface area contributed by atoms with Crippen molar-refractivity contribution >= 4 is 108 Å². The van der Waals surface area contributed by atoms with Gasteiger partial charge in [0.15, 0.2) is 40.2 Å². The third-order valence-electron chi connectivity index (χ3n) is 24.9. The maximum atomic E-state index is 13.5. The van der Waals surface area contributed by atoms with E-state index in [0.29, 0.717) is 102 Å². The number of rotatable bonds is 25. The lowest BCUT2D eigenvalue weighted by Gasteiger charge is -2.30. The first-order valence-corrected chi connectivity index (χ1v) is 44.7. The Hall–Kier alpha value is -12.0. The molecule has 3 N–H and O–H groups in total. The summed E-state index contributed by atoms with van der Waals surface area (Å²) in [7, 11) is 0. The number of hydrogen-bond donors (Lipinski definition) is 2. The lowest BCUT2D eigenvalue weighted by Crippen LogP contribution is -2.39. The Kier molecular flexibility index (Phi) is 29.4. The van der Waals surface area contributed by atoms with Gasteiger partial charge >= 0.3 is 0 Å². The van der Waals surface area contributed by atoms with Crippen molar-refractivity contribution in [3.8, 4) is 22.7 Å². The van der Waals surface area contributed by atoms with E-state index in [2.05, 4.69) is 81.3 Å². The Morgan fingerprint density at radius 3 is 1.07 bits per heavy atom. The highest BCUT2D eigenvalue weighted by molar-refractivity contribution is 6.30. The number of fused-ring (bicyclic) bond motifs is 4. The first-order valence-electron chi connectivity index (χ1n) is 44.3. The molecule has 0 atom stereocenters. The molecule has 0 bridgehead atoms. The van der Waals surface area contributed by atoms with E-state index in [9.17, 15) is 28.8 Å². The Bertz CT molecular complexity index is 6090. The second kappa shape index (κ2) is 41.2. The van der Waals surface area contributed by atoms with Crippen LogP contribution in [0.3, 0.4) is 0 Å². The molecule has 1 saturated carbocycles. The Labute approximate surface area is 737 Å². The molecule has 5 fully saturated rings. The predicted octanol–water partition coefficient (Wildman–Crippen LogP) is 19.2. The van der Waals surface area contributed by atoms with Crippen LogP contribution in [0.15, 0.2) is 146 Å². The molecule has 644 valence electrons. The minimum Gasteiger partial charge on any atom is -0.353 e. The van der Waals surface area contributed by atoms with Crippen LogP contribution in [0.1, 0.15) is 196 Å². The molecule has 4 aromatic carbocycles. The van der Waals surface area contributed by atoms with E-state index in [4.69, 9.17) is 47.0 Å². The third-order valence-corrected chi connectivity index (χ3v) is 25.1. The summed E-state index contributed by atoms with van der Waals surface area (Å²) in [6.45, 7) is 45.6. The van der Waals surface area contributed by atoms with Crippen molar-refractivity contribution in [2.45, 2.75) is 170 Å². The Morgan fingerprint density at radius 1 is 0.416 bits per heavy atom. The minimum atomic E-state index is 0.00119. The number of nitrogens with zero attached hydrogens (tertiary/aromatic N) is 15. The van der Waals surface area contributed by atoms with E-state index in [1.807, 2.05) is 150 Å². The highest BCUT2D eigenvalue weighted by Gasteiger charge is 2.32. The average Bonchev–Trinajstić information content (AvgIpc) is 1.62. The number of aromatic nitrogens is 8. The monoisotopic (exact) mass is 1690 g/mol. The van der Waals surface area contributed by atoms with Crippen molar-refractivity contribution in [3.05, 3.63) is 253 Å². The van der Waals surface area contributed by atoms with E-state index in [0.717, 1.165) is 229 Å². The van der Waals surface area contributed by atoms with Crippen LogP contribution in [0.4, 0.5) is 17.1 Å². The van der Waals surface area contributed by atoms with Gasteiger partial charge in [-0.3, -0.25) is 68.3 Å². The van der Waals surface area contributed by atoms with Crippen molar-refractivity contribution in [2.24, 2.45) is 11.7 Å². The summed E-state index contributed by atoms with van der Waals surface area (Å²) in [4.78, 5) is 116. The molecule has 4 saturated heterocycles. The first-order chi connectivity index (χ1) is 60.6. The molecule has 12 aromatic rings. The molecular weight excluding hydrogens is 1580 g/mol. The molecule has 5 aliphatic rings. The predicted molar refractivity (Wildman–Crippen MR) is 496 cm³/mol. The molecule has 4 aliphatic heterocycles. The maximum absolute atomic E-state index is 13.5. The van der Waals surface area contributed by atoms with Gasteiger partial charge in [0.05, 0.1) is 119 Å². The van der Waals surface area contributed by atoms with Crippen LogP contribution >= 0.6 is 11.6 Å². The van der Waals surface area contributed by atoms with Gasteiger partial charge in [-0.25, -0.2) is 14.5 Å². The van der Waals surface area contributed by atoms with Gasteiger partial charge in [-0.15, -0.1) is 0 Å². The maximum Gasteiger partial charge on any atom is 0.224 e. The number of ketones is 5. The van der Waals surface area contributed by atoms with Crippen molar-refractivity contribution in [1.82, 2.24) is 63.1 Å². The van der Waals surface area contributed by atoms with Crippen LogP contribution < -0.4 is 11.1 Å². The quantitative estimate of drug-likeness (QED) is 0.0400. The number of aryl methyl sites for hydroxylation is 3. The molecule has 23 nitrogen and oxygen atoms in total. The van der Waals surface area contributed by atoms with Crippen molar-refractivity contribution in [3.63, 3.8) is 0 Å². The number of halogens is 1. The number of nitrogens with one attached hydrogen (secondary N) is 1. The van der Waals surface area contributed by atoms with Crippen LogP contribution in [-0.4, -0.2) is 184 Å². The summed E-state index contributed by atoms with van der Waals surface area (Å²) >= 11 is 6.13. The number of hydrogen-bond acceptors (Lipinski definition) is 15. The first kappa shape index (κ1) is 89.3. The van der Waals surface area contributed by atoms with Gasteiger partial charge in [0.1, 0.15) is 5.78 Å². The summed E-state index contributed by atoms with van der Waals surface area (Å²) in [5, 5.41) is 3.70. The summed E-state index contributed by atoms with van der Waals surface area (Å²) in [6.07, 6.45) is 24.9. The van der Waals surface area contributed by atoms with Crippen molar-refractivity contribution in [1.29, 1.82) is 0 Å². The topological polar surface area (TPSA) is 238 Å². The van der Waals surface area contributed by atoms with E-state index in [1.165, 1.54) is 32.1 Å². The number of carbonyl (C=O) groups excluding carboxylic acids is 6. The summed E-state index contributed by atoms with van der Waals surface area (Å²) in [5.74, 6) is 1.29. The van der Waals surface area contributed by atoms with Gasteiger partial charge in [-0.2, -0.15) is 0 Å². The third kappa shape index (κ3) is 21.2. The van der Waals surface area contributed by atoms with Gasteiger partial charge < -0.3 is 29.3 Å². The molecule has 0 radical (unpaired) electrons. The van der Waals surface area contributed by atoms with Gasteiger partial charge in [0.2, 0.25) is 5.91 Å². The number of piperidine rings is 4. The molecule has 0 unspecified atom stereocenters. The van der Waals surface area contributed by atoms with Crippen LogP contribution in [-0.2, 0) is 22.4 Å². The second-order valence-corrected chi connectivity index (χ2v) is 34.6. The van der Waals surface area contributed by atoms with E-state index in [-0.39, 0.29) is 41.2 Å². The number of Topliss-reactive ketones (excluding diaryl/α,β-unsaturated/α-hetero) is 5. The van der Waals surface area contributed by atoms with Gasteiger partial charge in [0, 0.05) is 94.2 Å². The summed E-state index contributed by atoms with van der Waals surface area (Å²) < 4.78 is 8.30. The Morgan fingerprint density at radius 2 is 0.736 bits per heavy atom. The minimum absolute atomic E-state index is 0.00119. The Balaban J connectivity index is 0.000000136. The fourth-order valence-corrected chi connectivity index (χ4v) is 18.3. The molecule has 8 aromatic heterocycles. The van der Waals surface area contributed by atoms with Gasteiger partial charge in [-0.05, 0) is 291 Å².